The number of hydrogen-bond acceptors (Lipinski definition) is 5. The molecule has 0 atom stereocenters. The zero-order chi connectivity index (χ0) is 24.4. The molecular formula is C23H26FN3O5S. The Morgan fingerprint density at radius 1 is 1.21 bits per heavy atom. The summed E-state index contributed by atoms with van der Waals surface area (Å²) < 4.78 is 47.6. The fourth-order valence-corrected chi connectivity index (χ4v) is 4.84. The lowest BCUT2D eigenvalue weighted by Crippen LogP contribution is -2.36. The van der Waals surface area contributed by atoms with Crippen LogP contribution < -0.4 is 4.74 Å². The lowest BCUT2D eigenvalue weighted by molar-refractivity contribution is 0.123. The smallest absolute Gasteiger partial charge is 0.407 e. The Morgan fingerprint density at radius 3 is 2.55 bits per heavy atom. The fraction of sp³-hybridized carbons (Fsp3) is 0.304. The van der Waals surface area contributed by atoms with Crippen LogP contribution in [0.4, 0.5) is 9.18 Å². The fourth-order valence-electron chi connectivity index (χ4n) is 3.41. The number of aromatic nitrogens is 2. The van der Waals surface area contributed by atoms with Crippen molar-refractivity contribution in [3.8, 4) is 17.0 Å². The van der Waals surface area contributed by atoms with Crippen molar-refractivity contribution in [2.24, 2.45) is 5.41 Å². The third kappa shape index (κ3) is 5.51. The summed E-state index contributed by atoms with van der Waals surface area (Å²) in [4.78, 5) is 16.6. The van der Waals surface area contributed by atoms with E-state index < -0.39 is 22.1 Å². The largest absolute Gasteiger partial charge is 0.497 e. The Hall–Kier alpha value is -3.40. The molecule has 1 amide bonds. The second-order valence-electron chi connectivity index (χ2n) is 8.75. The van der Waals surface area contributed by atoms with Crippen LogP contribution in [-0.4, -0.2) is 47.1 Å². The summed E-state index contributed by atoms with van der Waals surface area (Å²) in [6, 6.07) is 10.3. The Morgan fingerprint density at radius 2 is 1.94 bits per heavy atom. The van der Waals surface area contributed by atoms with Crippen LogP contribution in [0, 0.1) is 11.4 Å². The third-order valence-electron chi connectivity index (χ3n) is 4.78. The van der Waals surface area contributed by atoms with Crippen LogP contribution in [-0.2, 0) is 16.6 Å². The van der Waals surface area contributed by atoms with Crippen molar-refractivity contribution in [2.75, 3.05) is 13.7 Å². The Kier molecular flexibility index (Phi) is 6.78. The van der Waals surface area contributed by atoms with Gasteiger partial charge in [-0.2, -0.15) is 4.39 Å². The van der Waals surface area contributed by atoms with E-state index in [2.05, 4.69) is 4.98 Å². The highest BCUT2D eigenvalue weighted by Gasteiger charge is 2.26. The van der Waals surface area contributed by atoms with Gasteiger partial charge in [-0.15, -0.1) is 0 Å². The minimum atomic E-state index is -4.16. The van der Waals surface area contributed by atoms with Crippen molar-refractivity contribution in [1.82, 2.24) is 13.9 Å². The summed E-state index contributed by atoms with van der Waals surface area (Å²) in [5, 5.41) is 9.65. The van der Waals surface area contributed by atoms with Crippen molar-refractivity contribution in [1.29, 1.82) is 0 Å². The number of hydrogen-bond donors (Lipinski definition) is 1. The molecule has 1 N–H and O–H groups in total. The SMILES string of the molecule is COc1cccc(S(=O)(=O)n2cc(CN(CC(C)(C)C)C(=O)O)cc2-c2cccnc2F)c1. The predicted molar refractivity (Wildman–Crippen MR) is 121 cm³/mol. The Bertz CT molecular complexity index is 1270. The molecule has 0 spiro atoms. The Balaban J connectivity index is 2.15. The molecule has 10 heteroatoms. The summed E-state index contributed by atoms with van der Waals surface area (Å²) in [7, 11) is -2.74. The molecule has 0 aliphatic rings. The molecule has 3 rings (SSSR count). The minimum Gasteiger partial charge on any atom is -0.497 e. The average molecular weight is 476 g/mol. The van der Waals surface area contributed by atoms with Crippen LogP contribution in [0.2, 0.25) is 0 Å². The Labute approximate surface area is 192 Å². The highest BCUT2D eigenvalue weighted by Crippen LogP contribution is 2.30. The average Bonchev–Trinajstić information content (AvgIpc) is 3.17. The number of carboxylic acid groups (broad SMARTS) is 1. The van der Waals surface area contributed by atoms with Gasteiger partial charge in [0.15, 0.2) is 0 Å². The number of pyridine rings is 1. The number of nitrogens with zero attached hydrogens (tertiary/aromatic N) is 3. The first-order valence-corrected chi connectivity index (χ1v) is 11.6. The van der Waals surface area contributed by atoms with E-state index in [0.29, 0.717) is 11.3 Å². The molecule has 0 aliphatic heterocycles. The monoisotopic (exact) mass is 475 g/mol. The lowest BCUT2D eigenvalue weighted by Gasteiger charge is -2.27. The van der Waals surface area contributed by atoms with Gasteiger partial charge in [0.05, 0.1) is 29.8 Å². The molecule has 0 radical (unpaired) electrons. The van der Waals surface area contributed by atoms with Crippen molar-refractivity contribution in [2.45, 2.75) is 32.2 Å². The third-order valence-corrected chi connectivity index (χ3v) is 6.45. The molecule has 1 aromatic carbocycles. The van der Waals surface area contributed by atoms with Crippen molar-refractivity contribution < 1.29 is 27.4 Å². The van der Waals surface area contributed by atoms with E-state index in [1.165, 1.54) is 60.8 Å². The van der Waals surface area contributed by atoms with Gasteiger partial charge < -0.3 is 14.7 Å². The number of halogens is 1. The number of carbonyl (C=O) groups is 1. The molecule has 3 aromatic rings. The maximum Gasteiger partial charge on any atom is 0.407 e. The van der Waals surface area contributed by atoms with Crippen LogP contribution in [0.25, 0.3) is 11.3 Å². The van der Waals surface area contributed by atoms with Gasteiger partial charge >= 0.3 is 6.09 Å². The van der Waals surface area contributed by atoms with Gasteiger partial charge in [0.25, 0.3) is 10.0 Å². The normalized spacial score (nSPS) is 11.9. The zero-order valence-corrected chi connectivity index (χ0v) is 19.6. The molecule has 2 heterocycles. The molecule has 33 heavy (non-hydrogen) atoms. The predicted octanol–water partition coefficient (Wildman–Crippen LogP) is 4.46. The minimum absolute atomic E-state index is 0.0204. The van der Waals surface area contributed by atoms with E-state index in [4.69, 9.17) is 4.74 Å². The van der Waals surface area contributed by atoms with Gasteiger partial charge in [-0.05, 0) is 41.3 Å². The van der Waals surface area contributed by atoms with E-state index in [0.717, 1.165) is 3.97 Å². The molecule has 0 aliphatic carbocycles. The van der Waals surface area contributed by atoms with Gasteiger partial charge in [-0.3, -0.25) is 0 Å². The second-order valence-corrected chi connectivity index (χ2v) is 10.6. The van der Waals surface area contributed by atoms with E-state index in [1.54, 1.807) is 6.07 Å². The number of amides is 1. The second kappa shape index (κ2) is 9.22. The molecule has 176 valence electrons. The van der Waals surface area contributed by atoms with Gasteiger partial charge in [0, 0.05) is 25.0 Å². The van der Waals surface area contributed by atoms with Gasteiger partial charge in [0.2, 0.25) is 5.95 Å². The number of rotatable bonds is 7. The van der Waals surface area contributed by atoms with E-state index >= 15 is 0 Å². The topological polar surface area (TPSA) is 102 Å². The van der Waals surface area contributed by atoms with Gasteiger partial charge in [-0.1, -0.05) is 26.8 Å². The number of methoxy groups -OCH3 is 1. The molecular weight excluding hydrogens is 449 g/mol. The van der Waals surface area contributed by atoms with Crippen LogP contribution >= 0.6 is 0 Å². The first-order chi connectivity index (χ1) is 15.4. The van der Waals surface area contributed by atoms with Crippen molar-refractivity contribution in [3.05, 3.63) is 66.4 Å². The lowest BCUT2D eigenvalue weighted by atomic mass is 9.96. The van der Waals surface area contributed by atoms with Crippen LogP contribution in [0.1, 0.15) is 26.3 Å². The molecule has 8 nitrogen and oxygen atoms in total. The number of benzene rings is 1. The van der Waals surface area contributed by atoms with Crippen LogP contribution in [0.3, 0.4) is 0 Å². The first-order valence-electron chi connectivity index (χ1n) is 10.1. The van der Waals surface area contributed by atoms with E-state index in [1.807, 2.05) is 20.8 Å². The van der Waals surface area contributed by atoms with Gasteiger partial charge in [0.1, 0.15) is 5.75 Å². The van der Waals surface area contributed by atoms with Crippen LogP contribution in [0.5, 0.6) is 5.75 Å². The van der Waals surface area contributed by atoms with Gasteiger partial charge in [-0.25, -0.2) is 22.2 Å². The molecule has 0 unspecified atom stereocenters. The molecule has 0 fully saturated rings. The first kappa shape index (κ1) is 24.2. The van der Waals surface area contributed by atoms with E-state index in [-0.39, 0.29) is 34.7 Å². The van der Waals surface area contributed by atoms with Crippen LogP contribution in [0.15, 0.2) is 59.8 Å². The molecule has 0 saturated carbocycles. The summed E-state index contributed by atoms with van der Waals surface area (Å²) in [5.74, 6) is -0.492. The summed E-state index contributed by atoms with van der Waals surface area (Å²) in [6.45, 7) is 5.86. The summed E-state index contributed by atoms with van der Waals surface area (Å²) in [5.41, 5.74) is 0.102. The molecule has 0 saturated heterocycles. The maximum absolute atomic E-state index is 14.5. The standard InChI is InChI=1S/C23H26FN3O5S/c1-23(2,3)15-26(22(28)29)13-16-11-20(19-9-6-10-25-21(19)24)27(14-16)33(30,31)18-8-5-7-17(12-18)32-4/h5-12,14H,13,15H2,1-4H3,(H,28,29). The highest BCUT2D eigenvalue weighted by atomic mass is 32.2. The van der Waals surface area contributed by atoms with Crippen molar-refractivity contribution in [3.63, 3.8) is 0 Å². The molecule has 0 bridgehead atoms. The zero-order valence-electron chi connectivity index (χ0n) is 18.8. The number of ether oxygens (including phenoxy) is 1. The summed E-state index contributed by atoms with van der Waals surface area (Å²) in [6.07, 6.45) is 1.44. The quantitative estimate of drug-likeness (QED) is 0.506. The van der Waals surface area contributed by atoms with E-state index in [9.17, 15) is 22.7 Å². The maximum atomic E-state index is 14.5. The highest BCUT2D eigenvalue weighted by molar-refractivity contribution is 7.90. The van der Waals surface area contributed by atoms with Crippen molar-refractivity contribution >= 4 is 16.1 Å². The molecule has 2 aromatic heterocycles. The summed E-state index contributed by atoms with van der Waals surface area (Å²) >= 11 is 0.